The second kappa shape index (κ2) is 5.34. The molecule has 0 aromatic carbocycles. The van der Waals surface area contributed by atoms with Gasteiger partial charge in [-0.15, -0.1) is 0 Å². The molecule has 1 aliphatic carbocycles. The molecule has 4 nitrogen and oxygen atoms in total. The number of fused-ring (bicyclic) bond motifs is 1. The first-order valence-corrected chi connectivity index (χ1v) is 6.86. The van der Waals surface area contributed by atoms with E-state index in [-0.39, 0.29) is 0 Å². The van der Waals surface area contributed by atoms with E-state index in [4.69, 9.17) is 10.7 Å². The Morgan fingerprint density at radius 3 is 2.84 bits per heavy atom. The van der Waals surface area contributed by atoms with E-state index in [2.05, 4.69) is 9.97 Å². The van der Waals surface area contributed by atoms with Crippen molar-refractivity contribution in [1.82, 2.24) is 15.0 Å². The summed E-state index contributed by atoms with van der Waals surface area (Å²) in [6, 6.07) is 3.97. The molecule has 19 heavy (non-hydrogen) atoms. The van der Waals surface area contributed by atoms with Gasteiger partial charge in [0.05, 0.1) is 0 Å². The van der Waals surface area contributed by atoms with Gasteiger partial charge in [0.1, 0.15) is 11.6 Å². The van der Waals surface area contributed by atoms with Gasteiger partial charge < -0.3 is 5.73 Å². The summed E-state index contributed by atoms with van der Waals surface area (Å²) in [5, 5.41) is 0. The minimum absolute atomic E-state index is 0.672. The highest BCUT2D eigenvalue weighted by Gasteiger charge is 2.15. The first-order chi connectivity index (χ1) is 9.33. The van der Waals surface area contributed by atoms with Crippen molar-refractivity contribution in [2.45, 2.75) is 38.5 Å². The van der Waals surface area contributed by atoms with Gasteiger partial charge >= 0.3 is 0 Å². The van der Waals surface area contributed by atoms with E-state index in [1.165, 1.54) is 24.8 Å². The third kappa shape index (κ3) is 2.72. The molecule has 0 amide bonds. The zero-order valence-electron chi connectivity index (χ0n) is 11.0. The Bertz CT molecular complexity index is 566. The molecule has 0 radical (unpaired) electrons. The summed E-state index contributed by atoms with van der Waals surface area (Å²) in [7, 11) is 0. The molecule has 0 atom stereocenters. The number of aryl methyl sites for hydroxylation is 1. The summed E-state index contributed by atoms with van der Waals surface area (Å²) in [5.41, 5.74) is 9.55. The molecule has 0 bridgehead atoms. The van der Waals surface area contributed by atoms with Crippen molar-refractivity contribution in [2.24, 2.45) is 0 Å². The lowest BCUT2D eigenvalue weighted by Crippen LogP contribution is -2.09. The van der Waals surface area contributed by atoms with Crippen LogP contribution in [0.25, 0.3) is 0 Å². The van der Waals surface area contributed by atoms with Crippen LogP contribution in [-0.2, 0) is 19.3 Å². The number of anilines is 1. The minimum Gasteiger partial charge on any atom is -0.383 e. The Labute approximate surface area is 113 Å². The van der Waals surface area contributed by atoms with E-state index < -0.39 is 0 Å². The van der Waals surface area contributed by atoms with Crippen molar-refractivity contribution in [2.75, 3.05) is 5.73 Å². The van der Waals surface area contributed by atoms with Gasteiger partial charge in [-0.1, -0.05) is 12.5 Å². The Kier molecular flexibility index (Phi) is 3.40. The van der Waals surface area contributed by atoms with Crippen molar-refractivity contribution in [3.05, 3.63) is 47.2 Å². The second-order valence-corrected chi connectivity index (χ2v) is 5.05. The van der Waals surface area contributed by atoms with Gasteiger partial charge in [-0.3, -0.25) is 4.98 Å². The van der Waals surface area contributed by atoms with Gasteiger partial charge in [0.2, 0.25) is 0 Å². The van der Waals surface area contributed by atoms with Crippen LogP contribution in [0, 0.1) is 0 Å². The molecule has 4 heteroatoms. The van der Waals surface area contributed by atoms with Gasteiger partial charge in [-0.25, -0.2) is 9.97 Å². The van der Waals surface area contributed by atoms with E-state index in [0.29, 0.717) is 12.2 Å². The maximum atomic E-state index is 6.10. The van der Waals surface area contributed by atoms with Gasteiger partial charge in [-0.05, 0) is 37.3 Å². The zero-order valence-corrected chi connectivity index (χ0v) is 11.0. The Morgan fingerprint density at radius 1 is 1.11 bits per heavy atom. The smallest absolute Gasteiger partial charge is 0.135 e. The lowest BCUT2D eigenvalue weighted by molar-refractivity contribution is 0.708. The molecule has 0 saturated heterocycles. The van der Waals surface area contributed by atoms with Crippen LogP contribution in [0.15, 0.2) is 24.5 Å². The Balaban J connectivity index is 1.91. The minimum atomic E-state index is 0.672. The predicted molar refractivity (Wildman–Crippen MR) is 74.7 cm³/mol. The van der Waals surface area contributed by atoms with Crippen molar-refractivity contribution in [1.29, 1.82) is 0 Å². The molecular weight excluding hydrogens is 236 g/mol. The SMILES string of the molecule is Nc1nc(Cc2cccnc2)nc2c1CCCCC2. The van der Waals surface area contributed by atoms with Crippen LogP contribution in [0.1, 0.15) is 41.9 Å². The number of nitrogen functional groups attached to an aromatic ring is 1. The lowest BCUT2D eigenvalue weighted by Gasteiger charge is -2.10. The molecule has 2 aromatic rings. The molecule has 2 heterocycles. The maximum Gasteiger partial charge on any atom is 0.135 e. The molecule has 0 fully saturated rings. The van der Waals surface area contributed by atoms with Crippen LogP contribution in [0.4, 0.5) is 5.82 Å². The van der Waals surface area contributed by atoms with Crippen LogP contribution < -0.4 is 5.73 Å². The molecule has 3 rings (SSSR count). The van der Waals surface area contributed by atoms with E-state index in [1.54, 1.807) is 6.20 Å². The number of nitrogens with two attached hydrogens (primary N) is 1. The molecular formula is C15H18N4. The molecule has 1 aliphatic rings. The highest BCUT2D eigenvalue weighted by Crippen LogP contribution is 2.23. The lowest BCUT2D eigenvalue weighted by atomic mass is 10.1. The fourth-order valence-electron chi connectivity index (χ4n) is 2.62. The molecule has 0 aliphatic heterocycles. The highest BCUT2D eigenvalue weighted by atomic mass is 15.0. The average molecular weight is 254 g/mol. The largest absolute Gasteiger partial charge is 0.383 e. The number of rotatable bonds is 2. The van der Waals surface area contributed by atoms with Crippen molar-refractivity contribution in [3.63, 3.8) is 0 Å². The molecule has 0 saturated carbocycles. The van der Waals surface area contributed by atoms with E-state index in [0.717, 1.165) is 29.9 Å². The first kappa shape index (κ1) is 12.1. The predicted octanol–water partition coefficient (Wildman–Crippen LogP) is 2.31. The molecule has 2 aromatic heterocycles. The maximum absolute atomic E-state index is 6.10. The van der Waals surface area contributed by atoms with Crippen molar-refractivity contribution in [3.8, 4) is 0 Å². The summed E-state index contributed by atoms with van der Waals surface area (Å²) in [5.74, 6) is 1.48. The topological polar surface area (TPSA) is 64.7 Å². The standard InChI is InChI=1S/C15H18N4/c16-15-12-6-2-1-3-7-13(12)18-14(19-15)9-11-5-4-8-17-10-11/h4-5,8,10H,1-3,6-7,9H2,(H2,16,18,19). The summed E-state index contributed by atoms with van der Waals surface area (Å²) < 4.78 is 0. The van der Waals surface area contributed by atoms with Crippen LogP contribution in [-0.4, -0.2) is 15.0 Å². The number of nitrogens with zero attached hydrogens (tertiary/aromatic N) is 3. The van der Waals surface area contributed by atoms with E-state index >= 15 is 0 Å². The molecule has 98 valence electrons. The summed E-state index contributed by atoms with van der Waals surface area (Å²) in [6.45, 7) is 0. The van der Waals surface area contributed by atoms with Crippen LogP contribution in [0.5, 0.6) is 0 Å². The van der Waals surface area contributed by atoms with Gasteiger partial charge in [0.25, 0.3) is 0 Å². The van der Waals surface area contributed by atoms with E-state index in [9.17, 15) is 0 Å². The number of aromatic nitrogens is 3. The number of pyridine rings is 1. The van der Waals surface area contributed by atoms with Crippen LogP contribution in [0.2, 0.25) is 0 Å². The van der Waals surface area contributed by atoms with Gasteiger partial charge in [-0.2, -0.15) is 0 Å². The third-order valence-corrected chi connectivity index (χ3v) is 3.60. The fraction of sp³-hybridized carbons (Fsp3) is 0.400. The Morgan fingerprint density at radius 2 is 2.00 bits per heavy atom. The molecule has 0 spiro atoms. The quantitative estimate of drug-likeness (QED) is 0.835. The molecule has 0 unspecified atom stereocenters. The van der Waals surface area contributed by atoms with Crippen LogP contribution in [0.3, 0.4) is 0 Å². The molecule has 2 N–H and O–H groups in total. The van der Waals surface area contributed by atoms with Crippen LogP contribution >= 0.6 is 0 Å². The summed E-state index contributed by atoms with van der Waals surface area (Å²) >= 11 is 0. The average Bonchev–Trinajstić information content (AvgIpc) is 2.65. The van der Waals surface area contributed by atoms with E-state index in [1.807, 2.05) is 18.3 Å². The van der Waals surface area contributed by atoms with Crippen molar-refractivity contribution < 1.29 is 0 Å². The fourth-order valence-corrected chi connectivity index (χ4v) is 2.62. The second-order valence-electron chi connectivity index (χ2n) is 5.05. The Hall–Kier alpha value is -1.97. The normalized spacial score (nSPS) is 14.7. The first-order valence-electron chi connectivity index (χ1n) is 6.86. The summed E-state index contributed by atoms with van der Waals surface area (Å²) in [4.78, 5) is 13.3. The van der Waals surface area contributed by atoms with Gasteiger partial charge in [0.15, 0.2) is 0 Å². The number of hydrogen-bond acceptors (Lipinski definition) is 4. The zero-order chi connectivity index (χ0) is 13.1. The summed E-state index contributed by atoms with van der Waals surface area (Å²) in [6.07, 6.45) is 10.0. The van der Waals surface area contributed by atoms with Crippen molar-refractivity contribution >= 4 is 5.82 Å². The highest BCUT2D eigenvalue weighted by molar-refractivity contribution is 5.43. The monoisotopic (exact) mass is 254 g/mol. The number of hydrogen-bond donors (Lipinski definition) is 1. The van der Waals surface area contributed by atoms with Gasteiger partial charge in [0, 0.05) is 30.1 Å². The third-order valence-electron chi connectivity index (χ3n) is 3.60.